The van der Waals surface area contributed by atoms with Gasteiger partial charge in [-0.15, -0.1) is 0 Å². The first-order valence-electron chi connectivity index (χ1n) is 41.2. The molecule has 4 spiro atoms. The maximum atomic E-state index is 13.4. The fraction of sp³-hybridized carbons (Fsp3) is 0.882. The van der Waals surface area contributed by atoms with Gasteiger partial charge in [-0.05, 0) is 208 Å². The molecule has 17 fully saturated rings. The number of fused-ring (bicyclic) bond motifs is 15. The molecule has 30 unspecified atom stereocenters. The van der Waals surface area contributed by atoms with E-state index >= 15 is 0 Å². The third kappa shape index (κ3) is 19.2. The summed E-state index contributed by atoms with van der Waals surface area (Å²) in [6.45, 7) is 23.7. The molecule has 5 aliphatic heterocycles. The fourth-order valence-corrected chi connectivity index (χ4v) is 23.7. The average molecular weight is 1630 g/mol. The first-order chi connectivity index (χ1) is 50.1. The third-order valence-corrected chi connectivity index (χ3v) is 30.7. The molecule has 5 saturated heterocycles. The first kappa shape index (κ1) is 103. The summed E-state index contributed by atoms with van der Waals surface area (Å²) in [7, 11) is 0. The van der Waals surface area contributed by atoms with E-state index < -0.39 is 24.0 Å². The molecule has 12 bridgehead atoms. The standard InChI is InChI=1S/C23H32O6.4C15H22O4.10CH4/c1-4-11(3)20(24)27-18-15-9-14-16(21(25)28-19(14)18)17(15)22(26)29-23(5-2)10-12-6-7-13(23)8-12;1-3-9(2)14(17)19-12-5-11-4-10(12)6-15(11)7-13(16)18-8-15;1-3-9(2)14(17)19-12-5-10-4-11(12)15(6-10)7-13(16)18-8-15;1-3-9(2)13(16)19-12-7-11-6-10(12)8-15(11)4-5-18-14(15)17;1-3-9(2)13(16)19-12-7-10-6-11(12)15(8-10)4-5-18-14(15)17;;;;;;;;;;/h11-19H,4-10H2,1-3H3;4*9-12H,3-8H2,1-2H3;10*1H4. The molecular weight excluding hydrogens is 1470 g/mol. The van der Waals surface area contributed by atoms with E-state index in [-0.39, 0.29) is 239 Å². The molecule has 0 amide bonds. The van der Waals surface area contributed by atoms with E-state index in [0.717, 1.165) is 141 Å². The van der Waals surface area contributed by atoms with Gasteiger partial charge in [0, 0.05) is 34.5 Å². The van der Waals surface area contributed by atoms with Gasteiger partial charge in [0.1, 0.15) is 42.2 Å². The van der Waals surface area contributed by atoms with Crippen LogP contribution in [0.4, 0.5) is 0 Å². The number of cyclic esters (lactones) is 4. The van der Waals surface area contributed by atoms with Crippen molar-refractivity contribution in [3.8, 4) is 0 Å². The highest BCUT2D eigenvalue weighted by Gasteiger charge is 2.72. The second kappa shape index (κ2) is 41.0. The van der Waals surface area contributed by atoms with Crippen LogP contribution in [0.5, 0.6) is 0 Å². The molecule has 5 heterocycles. The van der Waals surface area contributed by atoms with Crippen molar-refractivity contribution >= 4 is 65.7 Å². The summed E-state index contributed by atoms with van der Waals surface area (Å²) < 4.78 is 61.1. The maximum absolute atomic E-state index is 13.4. The Morgan fingerprint density at radius 3 is 1.28 bits per heavy atom. The van der Waals surface area contributed by atoms with Gasteiger partial charge in [0.15, 0.2) is 0 Å². The number of carbonyl (C=O) groups excluding carboxylic acids is 11. The van der Waals surface area contributed by atoms with Crippen LogP contribution < -0.4 is 0 Å². The van der Waals surface area contributed by atoms with Crippen molar-refractivity contribution < 1.29 is 105 Å². The minimum absolute atomic E-state index is 0. The fourth-order valence-electron chi connectivity index (χ4n) is 23.7. The quantitative estimate of drug-likeness (QED) is 0.0910. The lowest BCUT2D eigenvalue weighted by molar-refractivity contribution is -0.181. The number of esters is 11. The van der Waals surface area contributed by atoms with Gasteiger partial charge >= 0.3 is 65.7 Å². The Kier molecular flexibility index (Phi) is 36.8. The van der Waals surface area contributed by atoms with Crippen molar-refractivity contribution in [3.05, 3.63) is 0 Å². The topological polar surface area (TPSA) is 289 Å². The Morgan fingerprint density at radius 1 is 0.417 bits per heavy atom. The Labute approximate surface area is 693 Å². The zero-order valence-electron chi connectivity index (χ0n) is 64.3. The lowest BCUT2D eigenvalue weighted by Crippen LogP contribution is -2.47. The Morgan fingerprint density at radius 2 is 0.870 bits per heavy atom. The SMILES string of the molecule is C.C.C.C.C.C.C.C.C.C.CCC(C)C(=O)OC1C2CC3C1OC(=O)C3C2C(=O)OC1(CC)CC2CCC1C2.CCC(C)C(=O)OC1CC2CC1C1(CCOC1=O)C2.CCC(C)C(=O)OC1CC2CC1C1(COC(=O)C1)C2.CCC(C)C(=O)OC1CC2CC1CC21CCOC1=O.CCC(C)C(=O)OC1CC2CC1CC21COC(=O)C1. The Hall–Kier alpha value is -5.83. The molecule has 0 aromatic carbocycles. The summed E-state index contributed by atoms with van der Waals surface area (Å²) >= 11 is 0. The number of hydrogen-bond donors (Lipinski definition) is 0. The van der Waals surface area contributed by atoms with Gasteiger partial charge in [-0.2, -0.15) is 0 Å². The highest BCUT2D eigenvalue weighted by atomic mass is 16.6. The predicted octanol–water partition coefficient (Wildman–Crippen LogP) is 18.9. The van der Waals surface area contributed by atoms with Crippen molar-refractivity contribution in [3.63, 3.8) is 0 Å². The molecular formula is C93H160O22. The average Bonchev–Trinajstić information content (AvgIpc) is 1.54. The minimum Gasteiger partial charge on any atom is -0.465 e. The van der Waals surface area contributed by atoms with Gasteiger partial charge in [-0.25, -0.2) is 0 Å². The van der Waals surface area contributed by atoms with Crippen LogP contribution in [0.15, 0.2) is 0 Å². The Balaban J connectivity index is 0.000000368. The Bertz CT molecular complexity index is 3330. The second-order valence-electron chi connectivity index (χ2n) is 36.3. The van der Waals surface area contributed by atoms with E-state index in [2.05, 4.69) is 6.92 Å². The van der Waals surface area contributed by atoms with E-state index in [1.807, 2.05) is 69.2 Å². The monoisotopic (exact) mass is 1630 g/mol. The highest BCUT2D eigenvalue weighted by Crippen LogP contribution is 2.66. The third-order valence-electron chi connectivity index (χ3n) is 30.7. The van der Waals surface area contributed by atoms with Gasteiger partial charge in [0.2, 0.25) is 0 Å². The van der Waals surface area contributed by atoms with Crippen LogP contribution in [0.1, 0.15) is 324 Å². The van der Waals surface area contributed by atoms with Gasteiger partial charge < -0.3 is 52.1 Å². The lowest BCUT2D eigenvalue weighted by Gasteiger charge is -2.39. The number of rotatable bonds is 18. The maximum Gasteiger partial charge on any atom is 0.312 e. The zero-order chi connectivity index (χ0) is 75.0. The molecule has 12 saturated carbocycles. The minimum atomic E-state index is -0.538. The summed E-state index contributed by atoms with van der Waals surface area (Å²) in [5.41, 5.74) is -0.888. The van der Waals surface area contributed by atoms with Crippen LogP contribution in [-0.4, -0.2) is 134 Å². The summed E-state index contributed by atoms with van der Waals surface area (Å²) in [5, 5.41) is 0. The van der Waals surface area contributed by atoms with Crippen molar-refractivity contribution in [1.29, 1.82) is 0 Å². The van der Waals surface area contributed by atoms with Gasteiger partial charge in [-0.3, -0.25) is 52.7 Å². The van der Waals surface area contributed by atoms with Crippen LogP contribution in [0.2, 0.25) is 0 Å². The molecule has 17 aliphatic rings. The predicted molar refractivity (Wildman–Crippen MR) is 442 cm³/mol. The molecule has 0 radical (unpaired) electrons. The molecule has 664 valence electrons. The van der Waals surface area contributed by atoms with E-state index in [4.69, 9.17) is 52.1 Å². The zero-order valence-corrected chi connectivity index (χ0v) is 64.3. The number of carbonyl (C=O) groups is 11. The summed E-state index contributed by atoms with van der Waals surface area (Å²) in [6.07, 6.45) is 23.6. The van der Waals surface area contributed by atoms with Crippen LogP contribution in [0, 0.1) is 134 Å². The normalized spacial score (nSPS) is 39.4. The second-order valence-corrected chi connectivity index (χ2v) is 36.3. The molecule has 0 aromatic heterocycles. The molecule has 0 N–H and O–H groups in total. The van der Waals surface area contributed by atoms with Crippen LogP contribution in [-0.2, 0) is 105 Å². The molecule has 115 heavy (non-hydrogen) atoms. The largest absolute Gasteiger partial charge is 0.465 e. The van der Waals surface area contributed by atoms with Crippen LogP contribution >= 0.6 is 0 Å². The molecule has 22 nitrogen and oxygen atoms in total. The van der Waals surface area contributed by atoms with Crippen LogP contribution in [0.25, 0.3) is 0 Å². The summed E-state index contributed by atoms with van der Waals surface area (Å²) in [5.74, 6) is 1.57. The van der Waals surface area contributed by atoms with E-state index in [1.54, 1.807) is 0 Å². The van der Waals surface area contributed by atoms with Crippen molar-refractivity contribution in [1.82, 2.24) is 0 Å². The van der Waals surface area contributed by atoms with Crippen molar-refractivity contribution in [2.75, 3.05) is 26.4 Å². The molecule has 12 aliphatic carbocycles. The van der Waals surface area contributed by atoms with E-state index in [1.165, 1.54) is 6.42 Å². The van der Waals surface area contributed by atoms with E-state index in [9.17, 15) is 52.7 Å². The molecule has 17 rings (SSSR count). The van der Waals surface area contributed by atoms with Crippen LogP contribution in [0.3, 0.4) is 0 Å². The lowest BCUT2D eigenvalue weighted by atomic mass is 9.71. The molecule has 0 aromatic rings. The van der Waals surface area contributed by atoms with Crippen molar-refractivity contribution in [2.45, 2.75) is 366 Å². The molecule has 22 heteroatoms. The summed E-state index contributed by atoms with van der Waals surface area (Å²) in [6, 6.07) is 0. The van der Waals surface area contributed by atoms with Crippen molar-refractivity contribution in [2.24, 2.45) is 134 Å². The molecule has 30 atom stereocenters. The highest BCUT2D eigenvalue weighted by molar-refractivity contribution is 5.87. The van der Waals surface area contributed by atoms with Gasteiger partial charge in [-0.1, -0.05) is 150 Å². The van der Waals surface area contributed by atoms with E-state index in [0.29, 0.717) is 105 Å². The van der Waals surface area contributed by atoms with Gasteiger partial charge in [0.25, 0.3) is 0 Å². The number of hydrogen-bond acceptors (Lipinski definition) is 22. The number of ether oxygens (including phenoxy) is 11. The van der Waals surface area contributed by atoms with Gasteiger partial charge in [0.05, 0.1) is 91.5 Å². The summed E-state index contributed by atoms with van der Waals surface area (Å²) in [4.78, 5) is 133. The first-order valence-corrected chi connectivity index (χ1v) is 41.2. The smallest absolute Gasteiger partial charge is 0.312 e.